The Labute approximate surface area is 75.8 Å². The fraction of sp³-hybridized carbons (Fsp3) is 0.444. The number of rotatable bonds is 2. The van der Waals surface area contributed by atoms with Crippen LogP contribution in [0.1, 0.15) is 15.9 Å². The van der Waals surface area contributed by atoms with Crippen molar-refractivity contribution in [2.24, 2.45) is 0 Å². The number of hydrogen-bond donors (Lipinski definition) is 1. The van der Waals surface area contributed by atoms with Gasteiger partial charge in [-0.25, -0.2) is 4.79 Å². The summed E-state index contributed by atoms with van der Waals surface area (Å²) in [6.45, 7) is 2.91. The molecule has 0 unspecified atom stereocenters. The molecule has 1 N–H and O–H groups in total. The number of hydrogen-bond acceptors (Lipinski definition) is 3. The maximum atomic E-state index is 11.4. The summed E-state index contributed by atoms with van der Waals surface area (Å²) in [6.07, 6.45) is 3.37. The minimum Gasteiger partial charge on any atom is -0.454 e. The minimum atomic E-state index is -0.271. The molecule has 0 saturated carbocycles. The van der Waals surface area contributed by atoms with Crippen LogP contribution in [0.25, 0.3) is 0 Å². The minimum absolute atomic E-state index is 0.0539. The number of esters is 1. The van der Waals surface area contributed by atoms with Gasteiger partial charge >= 0.3 is 5.97 Å². The molecule has 4 heteroatoms. The summed E-state index contributed by atoms with van der Waals surface area (Å²) >= 11 is 0. The molecule has 0 bridgehead atoms. The molecule has 2 rings (SSSR count). The lowest BCUT2D eigenvalue weighted by Crippen LogP contribution is -2.37. The van der Waals surface area contributed by atoms with Gasteiger partial charge in [-0.15, -0.1) is 0 Å². The van der Waals surface area contributed by atoms with Gasteiger partial charge in [-0.3, -0.25) is 0 Å². The number of H-pyrrole nitrogens is 1. The van der Waals surface area contributed by atoms with Crippen LogP contribution >= 0.6 is 0 Å². The Morgan fingerprint density at radius 2 is 2.38 bits per heavy atom. The summed E-state index contributed by atoms with van der Waals surface area (Å²) in [7, 11) is 0. The molecular weight excluding hydrogens is 170 g/mol. The second kappa shape index (κ2) is 3.22. The molecule has 0 aromatic carbocycles. The van der Waals surface area contributed by atoms with Crippen molar-refractivity contribution in [1.82, 2.24) is 4.98 Å². The highest BCUT2D eigenvalue weighted by molar-refractivity contribution is 5.90. The van der Waals surface area contributed by atoms with E-state index >= 15 is 0 Å². The molecule has 0 atom stereocenters. The summed E-state index contributed by atoms with van der Waals surface area (Å²) in [5.74, 6) is -0.271. The van der Waals surface area contributed by atoms with Crippen LogP contribution in [0.2, 0.25) is 0 Å². The van der Waals surface area contributed by atoms with E-state index in [1.54, 1.807) is 12.4 Å². The second-order valence-corrected chi connectivity index (χ2v) is 3.12. The SMILES string of the molecule is Cc1c[nH]cc1C(=O)OC1COC1. The number of aryl methyl sites for hydroxylation is 1. The molecule has 1 aliphatic rings. The summed E-state index contributed by atoms with van der Waals surface area (Å²) in [6, 6.07) is 0. The lowest BCUT2D eigenvalue weighted by atomic mass is 10.2. The van der Waals surface area contributed by atoms with E-state index in [2.05, 4.69) is 4.98 Å². The van der Waals surface area contributed by atoms with Gasteiger partial charge in [0, 0.05) is 12.4 Å². The Kier molecular flexibility index (Phi) is 2.06. The van der Waals surface area contributed by atoms with Crippen molar-refractivity contribution in [1.29, 1.82) is 0 Å². The van der Waals surface area contributed by atoms with Crippen molar-refractivity contribution in [2.45, 2.75) is 13.0 Å². The third-order valence-electron chi connectivity index (χ3n) is 2.05. The molecule has 1 aromatic rings. The topological polar surface area (TPSA) is 51.3 Å². The normalized spacial score (nSPS) is 16.7. The van der Waals surface area contributed by atoms with Crippen LogP contribution in [-0.4, -0.2) is 30.3 Å². The fourth-order valence-electron chi connectivity index (χ4n) is 1.16. The third-order valence-corrected chi connectivity index (χ3v) is 2.05. The van der Waals surface area contributed by atoms with E-state index in [1.807, 2.05) is 6.92 Å². The van der Waals surface area contributed by atoms with Crippen molar-refractivity contribution >= 4 is 5.97 Å². The zero-order valence-electron chi connectivity index (χ0n) is 7.37. The van der Waals surface area contributed by atoms with Crippen LogP contribution < -0.4 is 0 Å². The van der Waals surface area contributed by atoms with Crippen molar-refractivity contribution < 1.29 is 14.3 Å². The van der Waals surface area contributed by atoms with Gasteiger partial charge in [0.05, 0.1) is 18.8 Å². The van der Waals surface area contributed by atoms with Crippen LogP contribution in [0.5, 0.6) is 0 Å². The largest absolute Gasteiger partial charge is 0.454 e. The lowest BCUT2D eigenvalue weighted by molar-refractivity contribution is -0.103. The van der Waals surface area contributed by atoms with Crippen molar-refractivity contribution in [3.05, 3.63) is 23.5 Å². The molecule has 0 amide bonds. The number of aromatic nitrogens is 1. The van der Waals surface area contributed by atoms with Gasteiger partial charge in [0.1, 0.15) is 6.10 Å². The Balaban J connectivity index is 2.00. The lowest BCUT2D eigenvalue weighted by Gasteiger charge is -2.25. The molecule has 70 valence electrons. The zero-order valence-corrected chi connectivity index (χ0v) is 7.37. The van der Waals surface area contributed by atoms with Crippen LogP contribution in [0.4, 0.5) is 0 Å². The van der Waals surface area contributed by atoms with Crippen molar-refractivity contribution in [3.63, 3.8) is 0 Å². The number of aromatic amines is 1. The van der Waals surface area contributed by atoms with E-state index in [4.69, 9.17) is 9.47 Å². The smallest absolute Gasteiger partial charge is 0.340 e. The number of nitrogens with one attached hydrogen (secondary N) is 1. The summed E-state index contributed by atoms with van der Waals surface area (Å²) < 4.78 is 10.0. The van der Waals surface area contributed by atoms with E-state index in [0.29, 0.717) is 18.8 Å². The molecule has 2 heterocycles. The molecule has 0 aliphatic carbocycles. The number of ether oxygens (including phenoxy) is 2. The first-order chi connectivity index (χ1) is 6.27. The Bertz CT molecular complexity index is 314. The van der Waals surface area contributed by atoms with Crippen molar-refractivity contribution in [3.8, 4) is 0 Å². The first kappa shape index (κ1) is 8.31. The first-order valence-electron chi connectivity index (χ1n) is 4.19. The Morgan fingerprint density at radius 3 is 2.85 bits per heavy atom. The van der Waals surface area contributed by atoms with Crippen LogP contribution in [-0.2, 0) is 9.47 Å². The van der Waals surface area contributed by atoms with Gasteiger partial charge in [-0.2, -0.15) is 0 Å². The molecule has 1 fully saturated rings. The van der Waals surface area contributed by atoms with Gasteiger partial charge < -0.3 is 14.5 Å². The van der Waals surface area contributed by atoms with Gasteiger partial charge in [-0.05, 0) is 12.5 Å². The maximum Gasteiger partial charge on any atom is 0.340 e. The molecule has 13 heavy (non-hydrogen) atoms. The maximum absolute atomic E-state index is 11.4. The Hall–Kier alpha value is -1.29. The molecule has 1 saturated heterocycles. The van der Waals surface area contributed by atoms with Gasteiger partial charge in [-0.1, -0.05) is 0 Å². The average Bonchev–Trinajstić information content (AvgIpc) is 2.43. The van der Waals surface area contributed by atoms with Gasteiger partial charge in [0.15, 0.2) is 0 Å². The van der Waals surface area contributed by atoms with Crippen LogP contribution in [0.15, 0.2) is 12.4 Å². The summed E-state index contributed by atoms with van der Waals surface area (Å²) in [5.41, 5.74) is 1.51. The molecule has 4 nitrogen and oxygen atoms in total. The van der Waals surface area contributed by atoms with Crippen LogP contribution in [0.3, 0.4) is 0 Å². The van der Waals surface area contributed by atoms with Gasteiger partial charge in [0.25, 0.3) is 0 Å². The van der Waals surface area contributed by atoms with Crippen molar-refractivity contribution in [2.75, 3.05) is 13.2 Å². The average molecular weight is 181 g/mol. The quantitative estimate of drug-likeness (QED) is 0.689. The fourth-order valence-corrected chi connectivity index (χ4v) is 1.16. The third kappa shape index (κ3) is 1.58. The molecule has 0 spiro atoms. The van der Waals surface area contributed by atoms with E-state index in [1.165, 1.54) is 0 Å². The molecular formula is C9H11NO3. The molecule has 1 aromatic heterocycles. The van der Waals surface area contributed by atoms with E-state index in [0.717, 1.165) is 5.56 Å². The zero-order chi connectivity index (χ0) is 9.26. The highest BCUT2D eigenvalue weighted by Gasteiger charge is 2.24. The first-order valence-corrected chi connectivity index (χ1v) is 4.19. The summed E-state index contributed by atoms with van der Waals surface area (Å²) in [5, 5.41) is 0. The van der Waals surface area contributed by atoms with E-state index in [-0.39, 0.29) is 12.1 Å². The highest BCUT2D eigenvalue weighted by Crippen LogP contribution is 2.12. The van der Waals surface area contributed by atoms with Gasteiger partial charge in [0.2, 0.25) is 0 Å². The highest BCUT2D eigenvalue weighted by atomic mass is 16.6. The predicted octanol–water partition coefficient (Wildman–Crippen LogP) is 0.879. The summed E-state index contributed by atoms with van der Waals surface area (Å²) in [4.78, 5) is 14.3. The van der Waals surface area contributed by atoms with E-state index < -0.39 is 0 Å². The molecule has 1 aliphatic heterocycles. The number of carbonyl (C=O) groups is 1. The predicted molar refractivity (Wildman–Crippen MR) is 45.6 cm³/mol. The standard InChI is InChI=1S/C9H11NO3/c1-6-2-10-3-8(6)9(11)13-7-4-12-5-7/h2-3,7,10H,4-5H2,1H3. The number of carbonyl (C=O) groups excluding carboxylic acids is 1. The monoisotopic (exact) mass is 181 g/mol. The van der Waals surface area contributed by atoms with E-state index in [9.17, 15) is 4.79 Å². The molecule has 0 radical (unpaired) electrons. The Morgan fingerprint density at radius 1 is 1.62 bits per heavy atom. The van der Waals surface area contributed by atoms with Crippen LogP contribution in [0, 0.1) is 6.92 Å². The second-order valence-electron chi connectivity index (χ2n) is 3.12.